The van der Waals surface area contributed by atoms with Gasteiger partial charge in [-0.25, -0.2) is 4.79 Å². The van der Waals surface area contributed by atoms with Gasteiger partial charge < -0.3 is 9.64 Å². The Bertz CT molecular complexity index is 651. The number of amides is 1. The molecular weight excluding hydrogens is 345 g/mol. The third-order valence-electron chi connectivity index (χ3n) is 4.13. The van der Waals surface area contributed by atoms with E-state index in [9.17, 15) is 18.0 Å². The van der Waals surface area contributed by atoms with E-state index in [-0.39, 0.29) is 24.7 Å². The minimum atomic E-state index is -4.46. The Morgan fingerprint density at radius 1 is 1.23 bits per heavy atom. The number of rotatable bonds is 2. The predicted octanol–water partition coefficient (Wildman–Crippen LogP) is 5.01. The van der Waals surface area contributed by atoms with Crippen molar-refractivity contribution in [3.8, 4) is 0 Å². The first-order valence-corrected chi connectivity index (χ1v) is 8.63. The van der Waals surface area contributed by atoms with E-state index in [0.29, 0.717) is 0 Å². The Balaban J connectivity index is 2.19. The molecule has 7 heteroatoms. The standard InChI is InChI=1S/C19H25F3N2O2/c1-13(14-8-6-5-7-9-14)23-16-10-11-24(12-15(16)19(20,21)22)17(25)26-18(2,3)4/h5-9,13,15H,10-12H2,1-4H3/t13-,15?/m1/s1. The summed E-state index contributed by atoms with van der Waals surface area (Å²) in [5.74, 6) is -1.77. The van der Waals surface area contributed by atoms with Gasteiger partial charge in [-0.1, -0.05) is 30.3 Å². The zero-order valence-corrected chi connectivity index (χ0v) is 15.5. The number of halogens is 3. The van der Waals surface area contributed by atoms with Gasteiger partial charge in [0.05, 0.1) is 6.04 Å². The molecule has 0 saturated carbocycles. The number of alkyl halides is 3. The van der Waals surface area contributed by atoms with E-state index < -0.39 is 30.3 Å². The van der Waals surface area contributed by atoms with Crippen LogP contribution in [0.1, 0.15) is 45.7 Å². The monoisotopic (exact) mass is 370 g/mol. The van der Waals surface area contributed by atoms with Gasteiger partial charge in [-0.05, 0) is 33.3 Å². The molecule has 1 heterocycles. The summed E-state index contributed by atoms with van der Waals surface area (Å²) in [5.41, 5.74) is 0.199. The Hall–Kier alpha value is -2.05. The van der Waals surface area contributed by atoms with Gasteiger partial charge in [0, 0.05) is 25.2 Å². The van der Waals surface area contributed by atoms with Crippen molar-refractivity contribution >= 4 is 11.8 Å². The molecule has 1 unspecified atom stereocenters. The molecule has 0 radical (unpaired) electrons. The maximum Gasteiger partial charge on any atom is 0.410 e. The van der Waals surface area contributed by atoms with E-state index >= 15 is 0 Å². The van der Waals surface area contributed by atoms with E-state index in [1.165, 1.54) is 0 Å². The molecular formula is C19H25F3N2O2. The van der Waals surface area contributed by atoms with Crippen LogP contribution in [0.5, 0.6) is 0 Å². The van der Waals surface area contributed by atoms with Crippen LogP contribution in [0.25, 0.3) is 0 Å². The number of hydrogen-bond acceptors (Lipinski definition) is 3. The van der Waals surface area contributed by atoms with Crippen LogP contribution in [-0.4, -0.2) is 41.6 Å². The van der Waals surface area contributed by atoms with Crippen molar-refractivity contribution in [1.82, 2.24) is 4.90 Å². The van der Waals surface area contributed by atoms with Gasteiger partial charge in [0.1, 0.15) is 11.5 Å². The molecule has 1 amide bonds. The van der Waals surface area contributed by atoms with Gasteiger partial charge in [0.25, 0.3) is 0 Å². The zero-order chi connectivity index (χ0) is 19.5. The Morgan fingerprint density at radius 2 is 1.85 bits per heavy atom. The molecule has 0 aromatic heterocycles. The summed E-state index contributed by atoms with van der Waals surface area (Å²) in [7, 11) is 0. The third-order valence-corrected chi connectivity index (χ3v) is 4.13. The fraction of sp³-hybridized carbons (Fsp3) is 0.579. The highest BCUT2D eigenvalue weighted by atomic mass is 19.4. The Kier molecular flexibility index (Phi) is 5.98. The molecule has 0 aliphatic carbocycles. The van der Waals surface area contributed by atoms with Gasteiger partial charge in [0.15, 0.2) is 0 Å². The fourth-order valence-corrected chi connectivity index (χ4v) is 2.83. The third kappa shape index (κ3) is 5.47. The van der Waals surface area contributed by atoms with Crippen LogP contribution in [0.3, 0.4) is 0 Å². The number of carbonyl (C=O) groups is 1. The van der Waals surface area contributed by atoms with Crippen molar-refractivity contribution in [3.05, 3.63) is 35.9 Å². The summed E-state index contributed by atoms with van der Waals surface area (Å²) >= 11 is 0. The number of piperidine rings is 1. The molecule has 2 atom stereocenters. The molecule has 26 heavy (non-hydrogen) atoms. The summed E-state index contributed by atoms with van der Waals surface area (Å²) < 4.78 is 45.9. The zero-order valence-electron chi connectivity index (χ0n) is 15.5. The largest absolute Gasteiger partial charge is 0.444 e. The minimum Gasteiger partial charge on any atom is -0.444 e. The molecule has 1 aromatic rings. The van der Waals surface area contributed by atoms with Gasteiger partial charge in [-0.3, -0.25) is 4.99 Å². The number of carbonyl (C=O) groups excluding carboxylic acids is 1. The van der Waals surface area contributed by atoms with E-state index in [0.717, 1.165) is 10.5 Å². The van der Waals surface area contributed by atoms with Crippen LogP contribution >= 0.6 is 0 Å². The molecule has 1 aliphatic rings. The Morgan fingerprint density at radius 3 is 2.38 bits per heavy atom. The van der Waals surface area contributed by atoms with Gasteiger partial charge in [-0.2, -0.15) is 13.2 Å². The van der Waals surface area contributed by atoms with Gasteiger partial charge in [0.2, 0.25) is 0 Å². The van der Waals surface area contributed by atoms with E-state index in [4.69, 9.17) is 4.74 Å². The lowest BCUT2D eigenvalue weighted by Crippen LogP contribution is -2.50. The molecule has 1 fully saturated rings. The summed E-state index contributed by atoms with van der Waals surface area (Å²) in [6.07, 6.45) is -5.10. The topological polar surface area (TPSA) is 41.9 Å². The van der Waals surface area contributed by atoms with Crippen LogP contribution in [0.2, 0.25) is 0 Å². The fourth-order valence-electron chi connectivity index (χ4n) is 2.83. The molecule has 0 spiro atoms. The summed E-state index contributed by atoms with van der Waals surface area (Å²) in [6, 6.07) is 8.82. The molecule has 1 saturated heterocycles. The van der Waals surface area contributed by atoms with Gasteiger partial charge >= 0.3 is 12.3 Å². The highest BCUT2D eigenvalue weighted by Crippen LogP contribution is 2.33. The second kappa shape index (κ2) is 7.68. The molecule has 2 rings (SSSR count). The second-order valence-corrected chi connectivity index (χ2v) is 7.48. The van der Waals surface area contributed by atoms with Crippen LogP contribution in [0.4, 0.5) is 18.0 Å². The summed E-state index contributed by atoms with van der Waals surface area (Å²) in [5, 5.41) is 0. The van der Waals surface area contributed by atoms with Crippen molar-refractivity contribution < 1.29 is 22.7 Å². The number of hydrogen-bond donors (Lipinski definition) is 0. The van der Waals surface area contributed by atoms with E-state index in [2.05, 4.69) is 4.99 Å². The normalized spacial score (nSPS) is 21.6. The molecule has 1 aliphatic heterocycles. The van der Waals surface area contributed by atoms with Crippen LogP contribution in [0, 0.1) is 5.92 Å². The van der Waals surface area contributed by atoms with Gasteiger partial charge in [-0.15, -0.1) is 0 Å². The van der Waals surface area contributed by atoms with Crippen molar-refractivity contribution in [1.29, 1.82) is 0 Å². The lowest BCUT2D eigenvalue weighted by Gasteiger charge is -2.36. The molecule has 0 N–H and O–H groups in total. The number of aliphatic imine (C=N–C) groups is 1. The van der Waals surface area contributed by atoms with Crippen LogP contribution in [-0.2, 0) is 4.74 Å². The SMILES string of the molecule is C[C@@H](N=C1CCN(C(=O)OC(C)(C)C)CC1C(F)(F)F)c1ccccc1. The highest BCUT2D eigenvalue weighted by Gasteiger charge is 2.47. The first kappa shape index (κ1) is 20.3. The highest BCUT2D eigenvalue weighted by molar-refractivity contribution is 5.90. The molecule has 0 bridgehead atoms. The first-order valence-electron chi connectivity index (χ1n) is 8.63. The second-order valence-electron chi connectivity index (χ2n) is 7.48. The first-order chi connectivity index (χ1) is 12.0. The van der Waals surface area contributed by atoms with E-state index in [1.807, 2.05) is 30.3 Å². The summed E-state index contributed by atoms with van der Waals surface area (Å²) in [4.78, 5) is 17.6. The van der Waals surface area contributed by atoms with Crippen molar-refractivity contribution in [2.75, 3.05) is 13.1 Å². The lowest BCUT2D eigenvalue weighted by molar-refractivity contribution is -0.161. The predicted molar refractivity (Wildman–Crippen MR) is 94.3 cm³/mol. The molecule has 144 valence electrons. The quantitative estimate of drug-likeness (QED) is 0.734. The molecule has 4 nitrogen and oxygen atoms in total. The number of ether oxygens (including phenoxy) is 1. The number of likely N-dealkylation sites (tertiary alicyclic amines) is 1. The van der Waals surface area contributed by atoms with E-state index in [1.54, 1.807) is 27.7 Å². The maximum atomic E-state index is 13.6. The van der Waals surface area contributed by atoms with Crippen molar-refractivity contribution in [2.45, 2.75) is 51.9 Å². The lowest BCUT2D eigenvalue weighted by atomic mass is 9.94. The Labute approximate surface area is 152 Å². The average Bonchev–Trinajstić information content (AvgIpc) is 2.53. The van der Waals surface area contributed by atoms with Crippen molar-refractivity contribution in [3.63, 3.8) is 0 Å². The average molecular weight is 370 g/mol. The van der Waals surface area contributed by atoms with Crippen LogP contribution < -0.4 is 0 Å². The maximum absolute atomic E-state index is 13.6. The minimum absolute atomic E-state index is 0.0839. The van der Waals surface area contributed by atoms with Crippen molar-refractivity contribution in [2.24, 2.45) is 10.9 Å². The van der Waals surface area contributed by atoms with Crippen LogP contribution in [0.15, 0.2) is 35.3 Å². The smallest absolute Gasteiger partial charge is 0.410 e. The number of benzene rings is 1. The number of nitrogens with zero attached hydrogens (tertiary/aromatic N) is 2. The molecule has 1 aromatic carbocycles. The summed E-state index contributed by atoms with van der Waals surface area (Å²) in [6.45, 7) is 6.54.